The van der Waals surface area contributed by atoms with Gasteiger partial charge in [-0.2, -0.15) is 0 Å². The number of non-ortho nitro benzene ring substituents is 1. The molecule has 0 fully saturated rings. The van der Waals surface area contributed by atoms with Crippen molar-refractivity contribution >= 4 is 17.5 Å². The SMILES string of the molecule is CC=Cc1cccc(N)c1-c1cccc([N+](=O)[O-])c1. The van der Waals surface area contributed by atoms with Gasteiger partial charge in [0.05, 0.1) is 4.92 Å². The molecule has 0 spiro atoms. The van der Waals surface area contributed by atoms with Gasteiger partial charge in [-0.1, -0.05) is 36.4 Å². The van der Waals surface area contributed by atoms with Crippen LogP contribution in [0.15, 0.2) is 48.5 Å². The number of nitrogen functional groups attached to an aromatic ring is 1. The fourth-order valence-corrected chi connectivity index (χ4v) is 2.02. The normalized spacial score (nSPS) is 10.8. The first-order valence-electron chi connectivity index (χ1n) is 5.89. The van der Waals surface area contributed by atoms with Crippen molar-refractivity contribution in [2.45, 2.75) is 6.92 Å². The smallest absolute Gasteiger partial charge is 0.270 e. The first-order chi connectivity index (χ1) is 9.13. The quantitative estimate of drug-likeness (QED) is 0.513. The van der Waals surface area contributed by atoms with Crippen molar-refractivity contribution in [1.29, 1.82) is 0 Å². The second-order valence-electron chi connectivity index (χ2n) is 4.12. The summed E-state index contributed by atoms with van der Waals surface area (Å²) in [5.41, 5.74) is 9.20. The topological polar surface area (TPSA) is 69.2 Å². The van der Waals surface area contributed by atoms with Crippen LogP contribution < -0.4 is 5.73 Å². The van der Waals surface area contributed by atoms with Crippen LogP contribution in [0.25, 0.3) is 17.2 Å². The minimum Gasteiger partial charge on any atom is -0.398 e. The van der Waals surface area contributed by atoms with Crippen molar-refractivity contribution in [2.24, 2.45) is 0 Å². The van der Waals surface area contributed by atoms with Crippen LogP contribution in [-0.2, 0) is 0 Å². The van der Waals surface area contributed by atoms with Crippen LogP contribution in [0.3, 0.4) is 0 Å². The van der Waals surface area contributed by atoms with E-state index in [0.717, 1.165) is 16.7 Å². The predicted molar refractivity (Wildman–Crippen MR) is 77.7 cm³/mol. The van der Waals surface area contributed by atoms with Gasteiger partial charge in [-0.15, -0.1) is 0 Å². The maximum absolute atomic E-state index is 10.8. The molecular weight excluding hydrogens is 240 g/mol. The lowest BCUT2D eigenvalue weighted by Gasteiger charge is -2.09. The van der Waals surface area contributed by atoms with Gasteiger partial charge >= 0.3 is 0 Å². The van der Waals surface area contributed by atoms with Crippen LogP contribution in [-0.4, -0.2) is 4.92 Å². The van der Waals surface area contributed by atoms with Crippen LogP contribution in [0.2, 0.25) is 0 Å². The minimum atomic E-state index is -0.405. The Morgan fingerprint density at radius 1 is 1.21 bits per heavy atom. The van der Waals surface area contributed by atoms with Crippen LogP contribution in [0.1, 0.15) is 12.5 Å². The molecule has 0 unspecified atom stereocenters. The molecule has 96 valence electrons. The number of anilines is 1. The van der Waals surface area contributed by atoms with Gasteiger partial charge in [0.25, 0.3) is 5.69 Å². The molecule has 0 aromatic heterocycles. The molecule has 2 rings (SSSR count). The van der Waals surface area contributed by atoms with E-state index in [0.29, 0.717) is 5.69 Å². The molecule has 0 heterocycles. The summed E-state index contributed by atoms with van der Waals surface area (Å²) in [4.78, 5) is 10.4. The number of nitrogens with two attached hydrogens (primary N) is 1. The van der Waals surface area contributed by atoms with Crippen molar-refractivity contribution in [1.82, 2.24) is 0 Å². The number of allylic oxidation sites excluding steroid dienone is 1. The van der Waals surface area contributed by atoms with E-state index in [2.05, 4.69) is 0 Å². The molecule has 0 amide bonds. The molecular formula is C15H14N2O2. The van der Waals surface area contributed by atoms with Crippen molar-refractivity contribution in [3.63, 3.8) is 0 Å². The Morgan fingerprint density at radius 3 is 2.63 bits per heavy atom. The summed E-state index contributed by atoms with van der Waals surface area (Å²) < 4.78 is 0. The highest BCUT2D eigenvalue weighted by atomic mass is 16.6. The second kappa shape index (κ2) is 5.35. The Labute approximate surface area is 111 Å². The van der Waals surface area contributed by atoms with Gasteiger partial charge < -0.3 is 5.73 Å². The Morgan fingerprint density at radius 2 is 1.95 bits per heavy atom. The molecule has 0 saturated heterocycles. The molecule has 0 aliphatic heterocycles. The summed E-state index contributed by atoms with van der Waals surface area (Å²) in [6.45, 7) is 1.92. The van der Waals surface area contributed by atoms with Crippen molar-refractivity contribution in [3.05, 3.63) is 64.2 Å². The summed E-state index contributed by atoms with van der Waals surface area (Å²) >= 11 is 0. The fraction of sp³-hybridized carbons (Fsp3) is 0.0667. The van der Waals surface area contributed by atoms with Gasteiger partial charge in [0.15, 0.2) is 0 Å². The second-order valence-corrected chi connectivity index (χ2v) is 4.12. The number of nitro benzene ring substituents is 1. The molecule has 4 heteroatoms. The number of hydrogen-bond acceptors (Lipinski definition) is 3. The van der Waals surface area contributed by atoms with Crippen LogP contribution in [0, 0.1) is 10.1 Å². The number of nitrogens with zero attached hydrogens (tertiary/aromatic N) is 1. The van der Waals surface area contributed by atoms with E-state index < -0.39 is 4.92 Å². The maximum Gasteiger partial charge on any atom is 0.270 e. The van der Waals surface area contributed by atoms with E-state index >= 15 is 0 Å². The summed E-state index contributed by atoms with van der Waals surface area (Å²) in [7, 11) is 0. The Kier molecular flexibility index (Phi) is 3.61. The maximum atomic E-state index is 10.8. The summed E-state index contributed by atoms with van der Waals surface area (Å²) in [6, 6.07) is 12.1. The molecule has 0 bridgehead atoms. The number of rotatable bonds is 3. The van der Waals surface area contributed by atoms with Crippen molar-refractivity contribution in [2.75, 3.05) is 5.73 Å². The molecule has 0 aliphatic carbocycles. The zero-order valence-electron chi connectivity index (χ0n) is 10.5. The van der Waals surface area contributed by atoms with E-state index in [9.17, 15) is 10.1 Å². The number of hydrogen-bond donors (Lipinski definition) is 1. The largest absolute Gasteiger partial charge is 0.398 e. The molecule has 4 nitrogen and oxygen atoms in total. The van der Waals surface area contributed by atoms with Gasteiger partial charge in [0, 0.05) is 23.4 Å². The van der Waals surface area contributed by atoms with Crippen LogP contribution in [0.5, 0.6) is 0 Å². The van der Waals surface area contributed by atoms with E-state index in [1.807, 2.05) is 37.3 Å². The molecule has 2 aromatic rings. The van der Waals surface area contributed by atoms with Gasteiger partial charge in [0.2, 0.25) is 0 Å². The third-order valence-electron chi connectivity index (χ3n) is 2.82. The van der Waals surface area contributed by atoms with Gasteiger partial charge in [-0.05, 0) is 24.1 Å². The van der Waals surface area contributed by atoms with Crippen LogP contribution in [0.4, 0.5) is 11.4 Å². The fourth-order valence-electron chi connectivity index (χ4n) is 2.02. The van der Waals surface area contributed by atoms with Crippen LogP contribution >= 0.6 is 0 Å². The zero-order chi connectivity index (χ0) is 13.8. The molecule has 2 N–H and O–H groups in total. The molecule has 0 radical (unpaired) electrons. The summed E-state index contributed by atoms with van der Waals surface area (Å²) in [6.07, 6.45) is 3.85. The first kappa shape index (κ1) is 12.8. The zero-order valence-corrected chi connectivity index (χ0v) is 10.5. The lowest BCUT2D eigenvalue weighted by molar-refractivity contribution is -0.384. The highest BCUT2D eigenvalue weighted by Crippen LogP contribution is 2.32. The average Bonchev–Trinajstić information content (AvgIpc) is 2.39. The molecule has 0 saturated carbocycles. The average molecular weight is 254 g/mol. The number of nitro groups is 1. The lowest BCUT2D eigenvalue weighted by atomic mass is 9.97. The Bertz CT molecular complexity index is 648. The Balaban J connectivity index is 2.64. The Hall–Kier alpha value is -2.62. The lowest BCUT2D eigenvalue weighted by Crippen LogP contribution is -1.94. The molecule has 0 atom stereocenters. The van der Waals surface area contributed by atoms with E-state index in [4.69, 9.17) is 5.73 Å². The molecule has 2 aromatic carbocycles. The third-order valence-corrected chi connectivity index (χ3v) is 2.82. The van der Waals surface area contributed by atoms with E-state index in [-0.39, 0.29) is 5.69 Å². The van der Waals surface area contributed by atoms with E-state index in [1.165, 1.54) is 6.07 Å². The monoisotopic (exact) mass is 254 g/mol. The van der Waals surface area contributed by atoms with E-state index in [1.54, 1.807) is 18.2 Å². The molecule has 19 heavy (non-hydrogen) atoms. The van der Waals surface area contributed by atoms with Gasteiger partial charge in [-0.3, -0.25) is 10.1 Å². The standard InChI is InChI=1S/C15H14N2O2/c1-2-5-11-6-4-9-14(16)15(11)12-7-3-8-13(10-12)17(18)19/h2-10H,16H2,1H3. The van der Waals surface area contributed by atoms with Crippen molar-refractivity contribution < 1.29 is 4.92 Å². The summed E-state index contributed by atoms with van der Waals surface area (Å²) in [5.74, 6) is 0. The first-order valence-corrected chi connectivity index (χ1v) is 5.89. The molecule has 0 aliphatic rings. The highest BCUT2D eigenvalue weighted by Gasteiger charge is 2.11. The minimum absolute atomic E-state index is 0.0622. The van der Waals surface area contributed by atoms with Gasteiger partial charge in [0.1, 0.15) is 0 Å². The summed E-state index contributed by atoms with van der Waals surface area (Å²) in [5, 5.41) is 10.8. The predicted octanol–water partition coefficient (Wildman–Crippen LogP) is 3.88. The van der Waals surface area contributed by atoms with Gasteiger partial charge in [-0.25, -0.2) is 0 Å². The number of benzene rings is 2. The highest BCUT2D eigenvalue weighted by molar-refractivity contribution is 5.85. The third kappa shape index (κ3) is 2.63. The van der Waals surface area contributed by atoms with Crippen molar-refractivity contribution in [3.8, 4) is 11.1 Å².